The highest BCUT2D eigenvalue weighted by Gasteiger charge is 2.18. The second-order valence-corrected chi connectivity index (χ2v) is 5.51. The summed E-state index contributed by atoms with van der Waals surface area (Å²) in [4.78, 5) is 28.4. The maximum Gasteiger partial charge on any atom is 0.288 e. The van der Waals surface area contributed by atoms with E-state index >= 15 is 0 Å². The summed E-state index contributed by atoms with van der Waals surface area (Å²) in [6, 6.07) is 14.8. The molecule has 26 heavy (non-hydrogen) atoms. The minimum Gasteiger partial charge on any atom is -0.478 e. The van der Waals surface area contributed by atoms with Crippen LogP contribution in [0.3, 0.4) is 0 Å². The van der Waals surface area contributed by atoms with Crippen molar-refractivity contribution in [2.75, 3.05) is 0 Å². The zero-order valence-electron chi connectivity index (χ0n) is 13.9. The highest BCUT2D eigenvalue weighted by molar-refractivity contribution is 6.05. The zero-order valence-corrected chi connectivity index (χ0v) is 13.9. The molecule has 0 aliphatic rings. The minimum absolute atomic E-state index is 0.0443. The Hall–Kier alpha value is -3.48. The maximum atomic E-state index is 13.6. The van der Waals surface area contributed by atoms with Crippen LogP contribution in [0, 0.1) is 5.82 Å². The van der Waals surface area contributed by atoms with Crippen molar-refractivity contribution in [3.63, 3.8) is 0 Å². The Labute approximate surface area is 149 Å². The van der Waals surface area contributed by atoms with Gasteiger partial charge in [0.25, 0.3) is 11.8 Å². The summed E-state index contributed by atoms with van der Waals surface area (Å²) in [6.07, 6.45) is 0.510. The molecule has 6 nitrogen and oxygen atoms in total. The van der Waals surface area contributed by atoms with Gasteiger partial charge in [-0.2, -0.15) is 0 Å². The average Bonchev–Trinajstić information content (AvgIpc) is 2.67. The first-order valence-electron chi connectivity index (χ1n) is 7.91. The maximum absolute atomic E-state index is 13.6. The number of rotatable bonds is 4. The van der Waals surface area contributed by atoms with E-state index in [0.29, 0.717) is 5.39 Å². The van der Waals surface area contributed by atoms with Crippen LogP contribution in [0.15, 0.2) is 60.8 Å². The highest BCUT2D eigenvalue weighted by atomic mass is 19.1. The van der Waals surface area contributed by atoms with Gasteiger partial charge >= 0.3 is 0 Å². The number of fused-ring (bicyclic) bond motifs is 1. The SMILES string of the molecule is CC(Oc1ccccc1F)C(=O)NNC(=O)c1nccc2ccccc12. The van der Waals surface area contributed by atoms with E-state index in [9.17, 15) is 14.0 Å². The smallest absolute Gasteiger partial charge is 0.288 e. The first kappa shape index (κ1) is 17.3. The van der Waals surface area contributed by atoms with Crippen LogP contribution in [0.2, 0.25) is 0 Å². The van der Waals surface area contributed by atoms with Crippen LogP contribution >= 0.6 is 0 Å². The van der Waals surface area contributed by atoms with Crippen molar-refractivity contribution in [1.29, 1.82) is 0 Å². The zero-order chi connectivity index (χ0) is 18.5. The van der Waals surface area contributed by atoms with E-state index in [1.807, 2.05) is 12.1 Å². The van der Waals surface area contributed by atoms with E-state index in [-0.39, 0.29) is 11.4 Å². The number of nitrogens with zero attached hydrogens (tertiary/aromatic N) is 1. The number of carbonyl (C=O) groups is 2. The molecule has 1 unspecified atom stereocenters. The first-order chi connectivity index (χ1) is 12.6. The van der Waals surface area contributed by atoms with E-state index in [4.69, 9.17) is 4.74 Å². The molecule has 132 valence electrons. The molecule has 0 spiro atoms. The van der Waals surface area contributed by atoms with Crippen LogP contribution in [-0.2, 0) is 4.79 Å². The molecule has 1 aromatic heterocycles. The molecule has 2 aromatic carbocycles. The van der Waals surface area contributed by atoms with Crippen molar-refractivity contribution in [1.82, 2.24) is 15.8 Å². The molecule has 0 saturated carbocycles. The molecular formula is C19H16FN3O3. The average molecular weight is 353 g/mol. The number of amides is 2. The van der Waals surface area contributed by atoms with Gasteiger partial charge in [-0.05, 0) is 30.5 Å². The summed E-state index contributed by atoms with van der Waals surface area (Å²) in [6.45, 7) is 1.45. The quantitative estimate of drug-likeness (QED) is 0.707. The Morgan fingerprint density at radius 3 is 2.58 bits per heavy atom. The number of aromatic nitrogens is 1. The number of benzene rings is 2. The fourth-order valence-corrected chi connectivity index (χ4v) is 2.36. The molecule has 0 aliphatic heterocycles. The third kappa shape index (κ3) is 3.77. The standard InChI is InChI=1S/C19H16FN3O3/c1-12(26-16-9-5-4-8-15(16)20)18(24)22-23-19(25)17-14-7-3-2-6-13(14)10-11-21-17/h2-12H,1H3,(H,22,24)(H,23,25). The Morgan fingerprint density at radius 1 is 1.04 bits per heavy atom. The van der Waals surface area contributed by atoms with Gasteiger partial charge in [0.05, 0.1) is 0 Å². The minimum atomic E-state index is -1.01. The molecule has 0 aliphatic carbocycles. The number of hydrogen-bond acceptors (Lipinski definition) is 4. The predicted molar refractivity (Wildman–Crippen MR) is 93.8 cm³/mol. The molecule has 2 amide bonds. The summed E-state index contributed by atoms with van der Waals surface area (Å²) in [5.41, 5.74) is 4.74. The van der Waals surface area contributed by atoms with Gasteiger partial charge in [0.15, 0.2) is 17.7 Å². The number of halogens is 1. The van der Waals surface area contributed by atoms with Crippen LogP contribution < -0.4 is 15.6 Å². The fraction of sp³-hybridized carbons (Fsp3) is 0.105. The summed E-state index contributed by atoms with van der Waals surface area (Å²) in [5.74, 6) is -1.80. The predicted octanol–water partition coefficient (Wildman–Crippen LogP) is 2.60. The monoisotopic (exact) mass is 353 g/mol. The Bertz CT molecular complexity index is 956. The van der Waals surface area contributed by atoms with Gasteiger partial charge < -0.3 is 4.74 Å². The topological polar surface area (TPSA) is 80.3 Å². The third-order valence-corrected chi connectivity index (χ3v) is 3.70. The van der Waals surface area contributed by atoms with Crippen molar-refractivity contribution < 1.29 is 18.7 Å². The van der Waals surface area contributed by atoms with Gasteiger partial charge in [-0.25, -0.2) is 4.39 Å². The molecule has 2 N–H and O–H groups in total. The van der Waals surface area contributed by atoms with E-state index in [1.165, 1.54) is 31.3 Å². The highest BCUT2D eigenvalue weighted by Crippen LogP contribution is 2.17. The van der Waals surface area contributed by atoms with Gasteiger partial charge in [0.1, 0.15) is 5.69 Å². The molecule has 0 fully saturated rings. The van der Waals surface area contributed by atoms with Crippen molar-refractivity contribution in [3.8, 4) is 5.75 Å². The summed E-state index contributed by atoms with van der Waals surface area (Å²) in [7, 11) is 0. The van der Waals surface area contributed by atoms with E-state index in [2.05, 4.69) is 15.8 Å². The van der Waals surface area contributed by atoms with Gasteiger partial charge in [-0.1, -0.05) is 36.4 Å². The Morgan fingerprint density at radius 2 is 1.77 bits per heavy atom. The summed E-state index contributed by atoms with van der Waals surface area (Å²) >= 11 is 0. The van der Waals surface area contributed by atoms with Crippen molar-refractivity contribution in [3.05, 3.63) is 72.3 Å². The van der Waals surface area contributed by atoms with Gasteiger partial charge in [0.2, 0.25) is 0 Å². The lowest BCUT2D eigenvalue weighted by Gasteiger charge is -2.15. The molecule has 7 heteroatoms. The molecule has 0 saturated heterocycles. The van der Waals surface area contributed by atoms with Crippen LogP contribution in [-0.4, -0.2) is 22.9 Å². The van der Waals surface area contributed by atoms with Gasteiger partial charge in [-0.15, -0.1) is 0 Å². The number of hydrazine groups is 1. The third-order valence-electron chi connectivity index (χ3n) is 3.70. The van der Waals surface area contributed by atoms with Crippen LogP contribution in [0.5, 0.6) is 5.75 Å². The number of nitrogens with one attached hydrogen (secondary N) is 2. The normalized spacial score (nSPS) is 11.6. The number of ether oxygens (including phenoxy) is 1. The number of para-hydroxylation sites is 1. The van der Waals surface area contributed by atoms with Gasteiger partial charge in [0, 0.05) is 11.6 Å². The summed E-state index contributed by atoms with van der Waals surface area (Å²) in [5, 5.41) is 1.52. The van der Waals surface area contributed by atoms with E-state index in [0.717, 1.165) is 5.39 Å². The molecule has 1 atom stereocenters. The van der Waals surface area contributed by atoms with Crippen LogP contribution in [0.25, 0.3) is 10.8 Å². The number of carbonyl (C=O) groups excluding carboxylic acids is 2. The van der Waals surface area contributed by atoms with Crippen molar-refractivity contribution in [2.45, 2.75) is 13.0 Å². The molecule has 0 bridgehead atoms. The molecule has 1 heterocycles. The van der Waals surface area contributed by atoms with Crippen molar-refractivity contribution in [2.24, 2.45) is 0 Å². The number of hydrogen-bond donors (Lipinski definition) is 2. The lowest BCUT2D eigenvalue weighted by Crippen LogP contribution is -2.47. The van der Waals surface area contributed by atoms with Crippen LogP contribution in [0.1, 0.15) is 17.4 Å². The number of pyridine rings is 1. The van der Waals surface area contributed by atoms with E-state index < -0.39 is 23.7 Å². The first-order valence-corrected chi connectivity index (χ1v) is 7.91. The largest absolute Gasteiger partial charge is 0.478 e. The molecule has 3 aromatic rings. The Balaban J connectivity index is 1.63. The lowest BCUT2D eigenvalue weighted by molar-refractivity contribution is -0.128. The molecule has 3 rings (SSSR count). The Kier molecular flexibility index (Phi) is 5.07. The second kappa shape index (κ2) is 7.60. The lowest BCUT2D eigenvalue weighted by atomic mass is 10.1. The molecule has 0 radical (unpaired) electrons. The van der Waals surface area contributed by atoms with Crippen LogP contribution in [0.4, 0.5) is 4.39 Å². The van der Waals surface area contributed by atoms with E-state index in [1.54, 1.807) is 24.3 Å². The van der Waals surface area contributed by atoms with Crippen molar-refractivity contribution >= 4 is 22.6 Å². The molecular weight excluding hydrogens is 337 g/mol. The van der Waals surface area contributed by atoms with Gasteiger partial charge in [-0.3, -0.25) is 25.4 Å². The second-order valence-electron chi connectivity index (χ2n) is 5.51. The fourth-order valence-electron chi connectivity index (χ4n) is 2.36. The summed E-state index contributed by atoms with van der Waals surface area (Å²) < 4.78 is 18.8.